The fraction of sp³-hybridized carbons (Fsp3) is 0.412. The monoisotopic (exact) mass is 298 g/mol. The van der Waals surface area contributed by atoms with Crippen molar-refractivity contribution in [1.82, 2.24) is 15.1 Å². The van der Waals surface area contributed by atoms with Crippen LogP contribution in [0.25, 0.3) is 0 Å². The van der Waals surface area contributed by atoms with Crippen molar-refractivity contribution >= 4 is 11.6 Å². The SMILES string of the molecule is CCc1ccc(NC(=O)C(C)N2CCc3[nH]ncc3C2)cc1. The van der Waals surface area contributed by atoms with Gasteiger partial charge in [-0.15, -0.1) is 0 Å². The van der Waals surface area contributed by atoms with Gasteiger partial charge in [0.15, 0.2) is 0 Å². The first-order chi connectivity index (χ1) is 10.7. The molecule has 1 aromatic carbocycles. The number of H-pyrrole nitrogens is 1. The number of benzene rings is 1. The van der Waals surface area contributed by atoms with Crippen LogP contribution in [0.5, 0.6) is 0 Å². The molecule has 1 aliphatic rings. The lowest BCUT2D eigenvalue weighted by molar-refractivity contribution is -0.121. The highest BCUT2D eigenvalue weighted by molar-refractivity contribution is 5.94. The van der Waals surface area contributed by atoms with E-state index < -0.39 is 0 Å². The largest absolute Gasteiger partial charge is 0.325 e. The number of hydrogen-bond acceptors (Lipinski definition) is 3. The molecule has 0 fully saturated rings. The molecule has 1 amide bonds. The summed E-state index contributed by atoms with van der Waals surface area (Å²) >= 11 is 0. The van der Waals surface area contributed by atoms with Crippen molar-refractivity contribution in [2.45, 2.75) is 39.3 Å². The first kappa shape index (κ1) is 14.8. The minimum Gasteiger partial charge on any atom is -0.325 e. The minimum atomic E-state index is -0.158. The van der Waals surface area contributed by atoms with Gasteiger partial charge in [-0.1, -0.05) is 19.1 Å². The van der Waals surface area contributed by atoms with Gasteiger partial charge in [-0.25, -0.2) is 0 Å². The maximum absolute atomic E-state index is 12.4. The normalized spacial score (nSPS) is 16.1. The Morgan fingerprint density at radius 1 is 1.41 bits per heavy atom. The summed E-state index contributed by atoms with van der Waals surface area (Å²) in [6, 6.07) is 7.88. The Morgan fingerprint density at radius 3 is 2.91 bits per heavy atom. The van der Waals surface area contributed by atoms with Crippen LogP contribution in [0, 0.1) is 0 Å². The van der Waals surface area contributed by atoms with E-state index in [1.165, 1.54) is 16.8 Å². The molecule has 1 unspecified atom stereocenters. The summed E-state index contributed by atoms with van der Waals surface area (Å²) in [6.07, 6.45) is 3.78. The van der Waals surface area contributed by atoms with E-state index in [4.69, 9.17) is 0 Å². The Morgan fingerprint density at radius 2 is 2.18 bits per heavy atom. The van der Waals surface area contributed by atoms with Crippen LogP contribution in [0.2, 0.25) is 0 Å². The molecule has 22 heavy (non-hydrogen) atoms. The van der Waals surface area contributed by atoms with E-state index in [1.54, 1.807) is 0 Å². The molecule has 0 spiro atoms. The predicted octanol–water partition coefficient (Wildman–Crippen LogP) is 2.36. The number of nitrogens with one attached hydrogen (secondary N) is 2. The van der Waals surface area contributed by atoms with E-state index in [1.807, 2.05) is 25.3 Å². The molecule has 5 heteroatoms. The van der Waals surface area contributed by atoms with Crippen molar-refractivity contribution < 1.29 is 4.79 Å². The number of amides is 1. The number of fused-ring (bicyclic) bond motifs is 1. The fourth-order valence-electron chi connectivity index (χ4n) is 2.81. The number of carbonyl (C=O) groups is 1. The van der Waals surface area contributed by atoms with Crippen LogP contribution in [0.3, 0.4) is 0 Å². The second kappa shape index (κ2) is 6.32. The Balaban J connectivity index is 1.62. The smallest absolute Gasteiger partial charge is 0.241 e. The third-order valence-corrected chi connectivity index (χ3v) is 4.39. The van der Waals surface area contributed by atoms with E-state index in [-0.39, 0.29) is 11.9 Å². The van der Waals surface area contributed by atoms with Crippen molar-refractivity contribution in [3.8, 4) is 0 Å². The summed E-state index contributed by atoms with van der Waals surface area (Å²) in [5, 5.41) is 10.1. The van der Waals surface area contributed by atoms with Crippen molar-refractivity contribution in [1.29, 1.82) is 0 Å². The van der Waals surface area contributed by atoms with Gasteiger partial charge in [0.2, 0.25) is 5.91 Å². The Hall–Kier alpha value is -2.14. The zero-order chi connectivity index (χ0) is 15.5. The predicted molar refractivity (Wildman–Crippen MR) is 86.6 cm³/mol. The molecule has 0 radical (unpaired) electrons. The molecule has 0 saturated carbocycles. The molecule has 5 nitrogen and oxygen atoms in total. The molecule has 0 saturated heterocycles. The van der Waals surface area contributed by atoms with Crippen LogP contribution in [-0.4, -0.2) is 33.6 Å². The molecule has 2 N–H and O–H groups in total. The number of nitrogens with zero attached hydrogens (tertiary/aromatic N) is 2. The molecule has 1 aliphatic heterocycles. The molecular formula is C17H22N4O. The van der Waals surface area contributed by atoms with E-state index in [0.717, 1.165) is 31.6 Å². The molecule has 1 atom stereocenters. The average molecular weight is 298 g/mol. The van der Waals surface area contributed by atoms with Crippen molar-refractivity contribution in [3.05, 3.63) is 47.3 Å². The highest BCUT2D eigenvalue weighted by Crippen LogP contribution is 2.19. The molecule has 116 valence electrons. The van der Waals surface area contributed by atoms with Crippen LogP contribution in [0.4, 0.5) is 5.69 Å². The molecule has 1 aromatic heterocycles. The van der Waals surface area contributed by atoms with E-state index in [0.29, 0.717) is 0 Å². The van der Waals surface area contributed by atoms with Crippen LogP contribution >= 0.6 is 0 Å². The van der Waals surface area contributed by atoms with Crippen LogP contribution in [-0.2, 0) is 24.2 Å². The Kier molecular flexibility index (Phi) is 4.24. The summed E-state index contributed by atoms with van der Waals surface area (Å²) in [6.45, 7) is 5.73. The van der Waals surface area contributed by atoms with Crippen molar-refractivity contribution in [2.24, 2.45) is 0 Å². The quantitative estimate of drug-likeness (QED) is 0.911. The third kappa shape index (κ3) is 3.04. The summed E-state index contributed by atoms with van der Waals surface area (Å²) in [5.74, 6) is 0.0381. The van der Waals surface area contributed by atoms with Crippen LogP contribution in [0.1, 0.15) is 30.7 Å². The van der Waals surface area contributed by atoms with Gasteiger partial charge in [0.05, 0.1) is 12.2 Å². The minimum absolute atomic E-state index is 0.0381. The zero-order valence-electron chi connectivity index (χ0n) is 13.1. The number of carbonyl (C=O) groups excluding carboxylic acids is 1. The number of hydrogen-bond donors (Lipinski definition) is 2. The lowest BCUT2D eigenvalue weighted by atomic mass is 10.1. The van der Waals surface area contributed by atoms with E-state index >= 15 is 0 Å². The van der Waals surface area contributed by atoms with Crippen molar-refractivity contribution in [3.63, 3.8) is 0 Å². The first-order valence-corrected chi connectivity index (χ1v) is 7.82. The number of aromatic amines is 1. The van der Waals surface area contributed by atoms with Crippen molar-refractivity contribution in [2.75, 3.05) is 11.9 Å². The summed E-state index contributed by atoms with van der Waals surface area (Å²) in [4.78, 5) is 14.6. The summed E-state index contributed by atoms with van der Waals surface area (Å²) in [5.41, 5.74) is 4.52. The molecule has 0 bridgehead atoms. The lowest BCUT2D eigenvalue weighted by Gasteiger charge is -2.31. The van der Waals surface area contributed by atoms with Crippen LogP contribution < -0.4 is 5.32 Å². The van der Waals surface area contributed by atoms with Gasteiger partial charge >= 0.3 is 0 Å². The standard InChI is InChI=1S/C17H22N4O/c1-3-13-4-6-15(7-5-13)19-17(22)12(2)21-9-8-16-14(11-21)10-18-20-16/h4-7,10,12H,3,8-9,11H2,1-2H3,(H,18,20)(H,19,22). The molecule has 2 aromatic rings. The maximum Gasteiger partial charge on any atom is 0.241 e. The topological polar surface area (TPSA) is 61.0 Å². The summed E-state index contributed by atoms with van der Waals surface area (Å²) < 4.78 is 0. The highest BCUT2D eigenvalue weighted by Gasteiger charge is 2.26. The Bertz CT molecular complexity index is 647. The molecule has 2 heterocycles. The van der Waals surface area contributed by atoms with Gasteiger partial charge < -0.3 is 5.32 Å². The van der Waals surface area contributed by atoms with Crippen LogP contribution in [0.15, 0.2) is 30.5 Å². The van der Waals surface area contributed by atoms with E-state index in [9.17, 15) is 4.79 Å². The van der Waals surface area contributed by atoms with Gasteiger partial charge in [-0.3, -0.25) is 14.8 Å². The molecular weight excluding hydrogens is 276 g/mol. The Labute approximate surface area is 130 Å². The van der Waals surface area contributed by atoms with E-state index in [2.05, 4.69) is 39.5 Å². The van der Waals surface area contributed by atoms with Gasteiger partial charge in [0.25, 0.3) is 0 Å². The van der Waals surface area contributed by atoms with Gasteiger partial charge in [0.1, 0.15) is 0 Å². The van der Waals surface area contributed by atoms with Gasteiger partial charge in [-0.05, 0) is 31.0 Å². The second-order valence-corrected chi connectivity index (χ2v) is 5.81. The fourth-order valence-corrected chi connectivity index (χ4v) is 2.81. The number of aromatic nitrogens is 2. The number of anilines is 1. The summed E-state index contributed by atoms with van der Waals surface area (Å²) in [7, 11) is 0. The molecule has 0 aliphatic carbocycles. The van der Waals surface area contributed by atoms with Gasteiger partial charge in [0, 0.05) is 36.5 Å². The highest BCUT2D eigenvalue weighted by atomic mass is 16.2. The average Bonchev–Trinajstić information content (AvgIpc) is 3.02. The first-order valence-electron chi connectivity index (χ1n) is 7.82. The zero-order valence-corrected chi connectivity index (χ0v) is 13.1. The number of rotatable bonds is 4. The second-order valence-electron chi connectivity index (χ2n) is 5.81. The lowest BCUT2D eigenvalue weighted by Crippen LogP contribution is -2.44. The third-order valence-electron chi connectivity index (χ3n) is 4.39. The number of aryl methyl sites for hydroxylation is 1. The molecule has 3 rings (SSSR count). The van der Waals surface area contributed by atoms with Gasteiger partial charge in [-0.2, -0.15) is 5.10 Å². The maximum atomic E-state index is 12.4.